The second kappa shape index (κ2) is 7.29. The number of rotatable bonds is 4. The van der Waals surface area contributed by atoms with Gasteiger partial charge in [-0.3, -0.25) is 9.59 Å². The lowest BCUT2D eigenvalue weighted by atomic mass is 10.1. The number of carbonyl (C=O) groups is 2. The number of imide groups is 1. The molecule has 0 aliphatic carbocycles. The summed E-state index contributed by atoms with van der Waals surface area (Å²) in [4.78, 5) is 28.2. The van der Waals surface area contributed by atoms with Gasteiger partial charge in [-0.05, 0) is 43.2 Å². The van der Waals surface area contributed by atoms with E-state index in [9.17, 15) is 9.59 Å². The fourth-order valence-electron chi connectivity index (χ4n) is 3.00. The zero-order valence-electron chi connectivity index (χ0n) is 15.2. The van der Waals surface area contributed by atoms with Crippen LogP contribution in [0.15, 0.2) is 47.4 Å². The second-order valence-electron chi connectivity index (χ2n) is 6.61. The number of hydrogen-bond acceptors (Lipinski definition) is 3. The van der Waals surface area contributed by atoms with Crippen molar-refractivity contribution in [1.82, 2.24) is 0 Å². The molecule has 3 nitrogen and oxygen atoms in total. The molecule has 2 aromatic rings. The molecule has 0 fully saturated rings. The van der Waals surface area contributed by atoms with Crippen molar-refractivity contribution in [2.24, 2.45) is 0 Å². The molecule has 0 radical (unpaired) electrons. The highest BCUT2D eigenvalue weighted by molar-refractivity contribution is 8.04. The number of nitrogens with zero attached hydrogens (tertiary/aromatic N) is 1. The summed E-state index contributed by atoms with van der Waals surface area (Å²) in [7, 11) is 0. The van der Waals surface area contributed by atoms with Gasteiger partial charge in [0.05, 0.1) is 16.2 Å². The van der Waals surface area contributed by atoms with E-state index in [0.29, 0.717) is 26.8 Å². The Kier molecular flexibility index (Phi) is 5.26. The van der Waals surface area contributed by atoms with Crippen LogP contribution in [0.2, 0.25) is 5.02 Å². The second-order valence-corrected chi connectivity index (χ2v) is 8.64. The van der Waals surface area contributed by atoms with Crippen molar-refractivity contribution < 1.29 is 9.59 Å². The van der Waals surface area contributed by atoms with Crippen molar-refractivity contribution in [3.63, 3.8) is 0 Å². The van der Waals surface area contributed by atoms with E-state index in [0.717, 1.165) is 11.1 Å². The van der Waals surface area contributed by atoms with Gasteiger partial charge < -0.3 is 0 Å². The molecule has 3 rings (SSSR count). The van der Waals surface area contributed by atoms with E-state index in [1.165, 1.54) is 16.7 Å². The van der Waals surface area contributed by atoms with E-state index in [-0.39, 0.29) is 17.1 Å². The van der Waals surface area contributed by atoms with Gasteiger partial charge >= 0.3 is 0 Å². The topological polar surface area (TPSA) is 37.4 Å². The van der Waals surface area contributed by atoms with Crippen molar-refractivity contribution in [1.29, 1.82) is 0 Å². The number of benzene rings is 2. The third-order valence-corrected chi connectivity index (χ3v) is 5.46. The van der Waals surface area contributed by atoms with Crippen LogP contribution in [0.25, 0.3) is 5.57 Å². The lowest BCUT2D eigenvalue weighted by Gasteiger charge is -2.18. The summed E-state index contributed by atoms with van der Waals surface area (Å²) in [5.74, 6) is -0.543. The van der Waals surface area contributed by atoms with Crippen molar-refractivity contribution in [3.05, 3.63) is 69.1 Å². The Hall–Kier alpha value is -2.04. The van der Waals surface area contributed by atoms with Crippen LogP contribution >= 0.6 is 23.4 Å². The largest absolute Gasteiger partial charge is 0.272 e. The average Bonchev–Trinajstić information content (AvgIpc) is 2.79. The summed E-state index contributed by atoms with van der Waals surface area (Å²) in [5.41, 5.74) is 3.79. The molecule has 0 aromatic heterocycles. The number of anilines is 1. The number of thioether (sulfide) groups is 1. The van der Waals surface area contributed by atoms with E-state index in [1.54, 1.807) is 24.3 Å². The molecule has 0 bridgehead atoms. The maximum atomic E-state index is 13.2. The van der Waals surface area contributed by atoms with Crippen LogP contribution in [0.4, 0.5) is 5.69 Å². The monoisotopic (exact) mass is 385 g/mol. The summed E-state index contributed by atoms with van der Waals surface area (Å²) in [5, 5.41) is 0.776. The fraction of sp³-hybridized carbons (Fsp3) is 0.238. The van der Waals surface area contributed by atoms with Gasteiger partial charge in [0.1, 0.15) is 0 Å². The fourth-order valence-corrected chi connectivity index (χ4v) is 4.11. The molecule has 134 valence electrons. The zero-order chi connectivity index (χ0) is 19.0. The minimum absolute atomic E-state index is 0.183. The maximum absolute atomic E-state index is 13.2. The minimum atomic E-state index is -0.285. The van der Waals surface area contributed by atoms with Crippen LogP contribution in [-0.2, 0) is 9.59 Å². The van der Waals surface area contributed by atoms with Gasteiger partial charge in [0.2, 0.25) is 0 Å². The van der Waals surface area contributed by atoms with Gasteiger partial charge in [-0.25, -0.2) is 4.90 Å². The Balaban J connectivity index is 2.12. The summed E-state index contributed by atoms with van der Waals surface area (Å²) >= 11 is 7.40. The Morgan fingerprint density at radius 1 is 0.962 bits per heavy atom. The first kappa shape index (κ1) is 18.7. The quantitative estimate of drug-likeness (QED) is 0.663. The van der Waals surface area contributed by atoms with Crippen LogP contribution in [-0.4, -0.2) is 17.1 Å². The Morgan fingerprint density at radius 2 is 1.62 bits per heavy atom. The first-order valence-corrected chi connectivity index (χ1v) is 9.68. The molecule has 1 aliphatic heterocycles. The highest BCUT2D eigenvalue weighted by atomic mass is 35.5. The predicted molar refractivity (Wildman–Crippen MR) is 110 cm³/mol. The van der Waals surface area contributed by atoms with Crippen molar-refractivity contribution in [3.8, 4) is 0 Å². The van der Waals surface area contributed by atoms with E-state index in [1.807, 2.05) is 45.9 Å². The van der Waals surface area contributed by atoms with E-state index in [4.69, 9.17) is 11.6 Å². The van der Waals surface area contributed by atoms with Crippen molar-refractivity contribution in [2.75, 3.05) is 4.90 Å². The van der Waals surface area contributed by atoms with E-state index in [2.05, 4.69) is 0 Å². The highest BCUT2D eigenvalue weighted by Gasteiger charge is 2.41. The van der Waals surface area contributed by atoms with Gasteiger partial charge in [-0.1, -0.05) is 55.3 Å². The molecule has 0 spiro atoms. The SMILES string of the molecule is Cc1ccc(N2C(=O)C(SC(C)C)=C(c3ccc(Cl)cc3)C2=O)c(C)c1. The zero-order valence-corrected chi connectivity index (χ0v) is 16.7. The normalized spacial score (nSPS) is 14.8. The Morgan fingerprint density at radius 3 is 2.19 bits per heavy atom. The molecule has 2 aromatic carbocycles. The maximum Gasteiger partial charge on any atom is 0.272 e. The van der Waals surface area contributed by atoms with Gasteiger partial charge in [0, 0.05) is 10.3 Å². The standard InChI is InChI=1S/C21H20ClNO2S/c1-12(2)26-19-18(15-6-8-16(22)9-7-15)20(24)23(21(19)25)17-10-5-13(3)11-14(17)4/h5-12H,1-4H3. The summed E-state index contributed by atoms with van der Waals surface area (Å²) in [6, 6.07) is 12.8. The number of hydrogen-bond donors (Lipinski definition) is 0. The van der Waals surface area contributed by atoms with Gasteiger partial charge in [-0.15, -0.1) is 11.8 Å². The van der Waals surface area contributed by atoms with E-state index < -0.39 is 0 Å². The van der Waals surface area contributed by atoms with Crippen LogP contribution in [0.5, 0.6) is 0 Å². The molecule has 0 atom stereocenters. The number of halogens is 1. The highest BCUT2D eigenvalue weighted by Crippen LogP contribution is 2.40. The lowest BCUT2D eigenvalue weighted by Crippen LogP contribution is -2.32. The summed E-state index contributed by atoms with van der Waals surface area (Å²) < 4.78 is 0. The van der Waals surface area contributed by atoms with Gasteiger partial charge in [0.25, 0.3) is 11.8 Å². The van der Waals surface area contributed by atoms with Crippen LogP contribution in [0.3, 0.4) is 0 Å². The smallest absolute Gasteiger partial charge is 0.268 e. The predicted octanol–water partition coefficient (Wildman–Crippen LogP) is 5.38. The summed E-state index contributed by atoms with van der Waals surface area (Å²) in [6.45, 7) is 7.92. The molecule has 1 aliphatic rings. The molecule has 0 saturated heterocycles. The molecule has 0 saturated carbocycles. The first-order chi connectivity index (χ1) is 12.3. The van der Waals surface area contributed by atoms with E-state index >= 15 is 0 Å². The molecular formula is C21H20ClNO2S. The van der Waals surface area contributed by atoms with Crippen molar-refractivity contribution >= 4 is 46.4 Å². The number of amides is 2. The average molecular weight is 386 g/mol. The summed E-state index contributed by atoms with van der Waals surface area (Å²) in [6.07, 6.45) is 0. The molecule has 2 amide bonds. The number of carbonyl (C=O) groups excluding carboxylic acids is 2. The Labute approximate surface area is 163 Å². The molecular weight excluding hydrogens is 366 g/mol. The molecule has 5 heteroatoms. The number of aryl methyl sites for hydroxylation is 2. The third-order valence-electron chi connectivity index (χ3n) is 4.12. The van der Waals surface area contributed by atoms with Crippen LogP contribution in [0.1, 0.15) is 30.5 Å². The Bertz CT molecular complexity index is 916. The lowest BCUT2D eigenvalue weighted by molar-refractivity contribution is -0.119. The third kappa shape index (κ3) is 3.44. The van der Waals surface area contributed by atoms with Gasteiger partial charge in [0.15, 0.2) is 0 Å². The van der Waals surface area contributed by atoms with Crippen LogP contribution in [0, 0.1) is 13.8 Å². The van der Waals surface area contributed by atoms with Crippen molar-refractivity contribution in [2.45, 2.75) is 32.9 Å². The molecule has 1 heterocycles. The minimum Gasteiger partial charge on any atom is -0.268 e. The van der Waals surface area contributed by atoms with Crippen LogP contribution < -0.4 is 4.90 Å². The molecule has 26 heavy (non-hydrogen) atoms. The molecule has 0 unspecified atom stereocenters. The van der Waals surface area contributed by atoms with Gasteiger partial charge in [-0.2, -0.15) is 0 Å². The molecule has 0 N–H and O–H groups in total. The first-order valence-electron chi connectivity index (χ1n) is 8.42.